The maximum Gasteiger partial charge on any atom is 0.349 e. The molecule has 0 aliphatic heterocycles. The van der Waals surface area contributed by atoms with E-state index in [-0.39, 0.29) is 5.78 Å². The Hall–Kier alpha value is -2.80. The summed E-state index contributed by atoms with van der Waals surface area (Å²) in [5.74, 6) is -0.0710. The molecule has 0 radical (unpaired) electrons. The average Bonchev–Trinajstić information content (AvgIpc) is 3.01. The molecule has 0 aliphatic carbocycles. The largest absolute Gasteiger partial charge is 0.349 e. The lowest BCUT2D eigenvalue weighted by atomic mass is 10.1. The van der Waals surface area contributed by atoms with Crippen LogP contribution >= 0.6 is 11.3 Å². The van der Waals surface area contributed by atoms with E-state index < -0.39 is 11.2 Å². The highest BCUT2D eigenvalue weighted by atomic mass is 32.1. The van der Waals surface area contributed by atoms with Gasteiger partial charge in [0.05, 0.1) is 10.6 Å². The number of carbonyl (C=O) groups is 1. The van der Waals surface area contributed by atoms with Gasteiger partial charge in [-0.1, -0.05) is 6.07 Å². The number of benzene rings is 1. The number of H-pyrrole nitrogens is 1. The molecular weight excluding hydrogens is 290 g/mol. The Morgan fingerprint density at radius 3 is 2.52 bits per heavy atom. The van der Waals surface area contributed by atoms with E-state index in [1.165, 1.54) is 11.3 Å². The standard InChI is InChI=1S/C14H9N3O3S/c18-12-8-15-17(14(20)16-12)10-5-3-9(4-6-10)13(19)11-2-1-7-21-11/h1-8H,(H,16,18,20). The van der Waals surface area contributed by atoms with E-state index >= 15 is 0 Å². The fourth-order valence-corrected chi connectivity index (χ4v) is 2.53. The molecule has 3 rings (SSSR count). The van der Waals surface area contributed by atoms with Crippen LogP contribution in [-0.2, 0) is 0 Å². The highest BCUT2D eigenvalue weighted by molar-refractivity contribution is 7.12. The van der Waals surface area contributed by atoms with Gasteiger partial charge in [0.2, 0.25) is 5.78 Å². The first-order valence-electron chi connectivity index (χ1n) is 6.02. The molecule has 6 nitrogen and oxygen atoms in total. The predicted octanol–water partition coefficient (Wildman–Crippen LogP) is 1.21. The number of carbonyl (C=O) groups excluding carboxylic acids is 1. The molecule has 2 heterocycles. The molecule has 7 heteroatoms. The van der Waals surface area contributed by atoms with Crippen molar-refractivity contribution in [2.75, 3.05) is 0 Å². The fourth-order valence-electron chi connectivity index (χ4n) is 1.84. The van der Waals surface area contributed by atoms with Gasteiger partial charge in [-0.3, -0.25) is 14.6 Å². The van der Waals surface area contributed by atoms with Gasteiger partial charge in [-0.15, -0.1) is 11.3 Å². The second-order valence-corrected chi connectivity index (χ2v) is 5.15. The number of rotatable bonds is 3. The number of thiophene rings is 1. The summed E-state index contributed by atoms with van der Waals surface area (Å²) < 4.78 is 1.06. The molecule has 0 saturated carbocycles. The Kier molecular flexibility index (Phi) is 3.33. The van der Waals surface area contributed by atoms with Crippen molar-refractivity contribution >= 4 is 17.1 Å². The zero-order valence-corrected chi connectivity index (χ0v) is 11.5. The first kappa shape index (κ1) is 13.2. The lowest BCUT2D eigenvalue weighted by molar-refractivity contribution is 0.104. The number of hydrogen-bond donors (Lipinski definition) is 1. The molecule has 0 saturated heterocycles. The second kappa shape index (κ2) is 5.29. The first-order valence-corrected chi connectivity index (χ1v) is 6.90. The molecule has 0 bridgehead atoms. The van der Waals surface area contributed by atoms with E-state index in [9.17, 15) is 14.4 Å². The van der Waals surface area contributed by atoms with Gasteiger partial charge in [-0.2, -0.15) is 9.78 Å². The third-order valence-corrected chi connectivity index (χ3v) is 3.70. The minimum atomic E-state index is -0.625. The zero-order chi connectivity index (χ0) is 14.8. The summed E-state index contributed by atoms with van der Waals surface area (Å²) in [6.07, 6.45) is 1.02. The van der Waals surface area contributed by atoms with Crippen LogP contribution in [0, 0.1) is 0 Å². The van der Waals surface area contributed by atoms with Crippen molar-refractivity contribution in [3.8, 4) is 5.69 Å². The van der Waals surface area contributed by atoms with Crippen LogP contribution in [-0.4, -0.2) is 20.5 Å². The number of aromatic amines is 1. The van der Waals surface area contributed by atoms with E-state index in [1.807, 2.05) is 11.4 Å². The van der Waals surface area contributed by atoms with Crippen LogP contribution in [0.3, 0.4) is 0 Å². The summed E-state index contributed by atoms with van der Waals surface area (Å²) in [5.41, 5.74) is -0.182. The van der Waals surface area contributed by atoms with E-state index in [2.05, 4.69) is 10.1 Å². The van der Waals surface area contributed by atoms with Gasteiger partial charge < -0.3 is 0 Å². The Morgan fingerprint density at radius 2 is 1.90 bits per heavy atom. The summed E-state index contributed by atoms with van der Waals surface area (Å²) >= 11 is 1.37. The molecule has 0 aliphatic rings. The molecule has 2 aromatic heterocycles. The van der Waals surface area contributed by atoms with Crippen molar-refractivity contribution in [3.05, 3.63) is 79.3 Å². The Labute approximate surface area is 122 Å². The summed E-state index contributed by atoms with van der Waals surface area (Å²) in [6.45, 7) is 0. The van der Waals surface area contributed by atoms with Gasteiger partial charge >= 0.3 is 5.69 Å². The van der Waals surface area contributed by atoms with Crippen LogP contribution in [0.5, 0.6) is 0 Å². The van der Waals surface area contributed by atoms with Crippen molar-refractivity contribution in [3.63, 3.8) is 0 Å². The van der Waals surface area contributed by atoms with Gasteiger partial charge in [-0.25, -0.2) is 4.79 Å². The third kappa shape index (κ3) is 2.59. The number of hydrogen-bond acceptors (Lipinski definition) is 5. The Bertz CT molecular complexity index is 892. The minimum absolute atomic E-state index is 0.0710. The molecule has 21 heavy (non-hydrogen) atoms. The summed E-state index contributed by atoms with van der Waals surface area (Å²) in [6, 6.07) is 10.0. The molecule has 0 unspecified atom stereocenters. The molecule has 0 amide bonds. The number of aromatic nitrogens is 3. The van der Waals surface area contributed by atoms with E-state index in [1.54, 1.807) is 30.3 Å². The highest BCUT2D eigenvalue weighted by Gasteiger charge is 2.10. The average molecular weight is 299 g/mol. The van der Waals surface area contributed by atoms with Crippen molar-refractivity contribution < 1.29 is 4.79 Å². The van der Waals surface area contributed by atoms with Gasteiger partial charge in [0.1, 0.15) is 6.20 Å². The first-order chi connectivity index (χ1) is 10.1. The molecule has 0 atom stereocenters. The van der Waals surface area contributed by atoms with Crippen molar-refractivity contribution in [2.24, 2.45) is 0 Å². The summed E-state index contributed by atoms with van der Waals surface area (Å²) in [4.78, 5) is 37.5. The monoisotopic (exact) mass is 299 g/mol. The molecule has 0 spiro atoms. The molecule has 1 aromatic carbocycles. The summed E-state index contributed by atoms with van der Waals surface area (Å²) in [5, 5.41) is 5.59. The Morgan fingerprint density at radius 1 is 1.14 bits per heavy atom. The van der Waals surface area contributed by atoms with Gasteiger partial charge in [-0.05, 0) is 35.7 Å². The fraction of sp³-hybridized carbons (Fsp3) is 0. The van der Waals surface area contributed by atoms with E-state index in [4.69, 9.17) is 0 Å². The van der Waals surface area contributed by atoms with Gasteiger partial charge in [0.25, 0.3) is 5.56 Å². The van der Waals surface area contributed by atoms with Crippen LogP contribution in [0.4, 0.5) is 0 Å². The smallest absolute Gasteiger partial charge is 0.288 e. The maximum atomic E-state index is 12.1. The van der Waals surface area contributed by atoms with Crippen molar-refractivity contribution in [2.45, 2.75) is 0 Å². The van der Waals surface area contributed by atoms with Crippen LogP contribution in [0.1, 0.15) is 15.2 Å². The second-order valence-electron chi connectivity index (χ2n) is 4.20. The Balaban J connectivity index is 1.96. The SMILES string of the molecule is O=C(c1ccc(-n2ncc(=O)[nH]c2=O)cc1)c1cccs1. The highest BCUT2D eigenvalue weighted by Crippen LogP contribution is 2.16. The van der Waals surface area contributed by atoms with Crippen LogP contribution in [0.25, 0.3) is 5.69 Å². The number of ketones is 1. The predicted molar refractivity (Wildman–Crippen MR) is 78.2 cm³/mol. The van der Waals surface area contributed by atoms with Gasteiger partial charge in [0.15, 0.2) is 0 Å². The van der Waals surface area contributed by atoms with Crippen LogP contribution in [0.15, 0.2) is 57.6 Å². The third-order valence-electron chi connectivity index (χ3n) is 2.83. The lowest BCUT2D eigenvalue weighted by Gasteiger charge is -2.04. The van der Waals surface area contributed by atoms with Crippen LogP contribution < -0.4 is 11.2 Å². The van der Waals surface area contributed by atoms with E-state index in [0.717, 1.165) is 10.9 Å². The number of nitrogens with zero attached hydrogens (tertiary/aromatic N) is 2. The molecule has 3 aromatic rings. The van der Waals surface area contributed by atoms with Crippen LogP contribution in [0.2, 0.25) is 0 Å². The normalized spacial score (nSPS) is 10.5. The molecule has 104 valence electrons. The molecule has 0 fully saturated rings. The molecule has 1 N–H and O–H groups in total. The quantitative estimate of drug-likeness (QED) is 0.737. The topological polar surface area (TPSA) is 84.8 Å². The molecular formula is C14H9N3O3S. The maximum absolute atomic E-state index is 12.1. The number of nitrogens with one attached hydrogen (secondary N) is 1. The summed E-state index contributed by atoms with van der Waals surface area (Å²) in [7, 11) is 0. The van der Waals surface area contributed by atoms with Crippen molar-refractivity contribution in [1.29, 1.82) is 0 Å². The van der Waals surface area contributed by atoms with Gasteiger partial charge in [0, 0.05) is 5.56 Å². The lowest BCUT2D eigenvalue weighted by Crippen LogP contribution is -2.30. The van der Waals surface area contributed by atoms with Crippen molar-refractivity contribution in [1.82, 2.24) is 14.8 Å². The zero-order valence-electron chi connectivity index (χ0n) is 10.6. The minimum Gasteiger partial charge on any atom is -0.288 e. The van der Waals surface area contributed by atoms with E-state index in [0.29, 0.717) is 16.1 Å².